The van der Waals surface area contributed by atoms with E-state index in [1.807, 2.05) is 13.0 Å². The van der Waals surface area contributed by atoms with Crippen molar-refractivity contribution in [3.8, 4) is 0 Å². The standard InChI is InChI=1S/C16H14BrNO3/c1-10-5-6-12(8-14(10)17)15(19)18-9-11-3-2-4-13(7-11)16(20)21/h2-8H,9H2,1H3,(H,18,19)(H,20,21). The molecule has 0 spiro atoms. The van der Waals surface area contributed by atoms with E-state index in [2.05, 4.69) is 21.2 Å². The zero-order chi connectivity index (χ0) is 15.4. The molecule has 4 nitrogen and oxygen atoms in total. The first-order valence-electron chi connectivity index (χ1n) is 6.34. The molecule has 2 aromatic carbocycles. The quantitative estimate of drug-likeness (QED) is 0.890. The number of amides is 1. The van der Waals surface area contributed by atoms with Crippen LogP contribution in [0.15, 0.2) is 46.9 Å². The van der Waals surface area contributed by atoms with Crippen molar-refractivity contribution in [1.29, 1.82) is 0 Å². The summed E-state index contributed by atoms with van der Waals surface area (Å²) in [5.41, 5.74) is 2.57. The second kappa shape index (κ2) is 6.54. The Hall–Kier alpha value is -2.14. The van der Waals surface area contributed by atoms with Crippen LogP contribution in [0.3, 0.4) is 0 Å². The Labute approximate surface area is 130 Å². The Bertz CT molecular complexity index is 698. The summed E-state index contributed by atoms with van der Waals surface area (Å²) in [6.07, 6.45) is 0. The molecule has 1 amide bonds. The summed E-state index contributed by atoms with van der Waals surface area (Å²) in [6, 6.07) is 11.9. The van der Waals surface area contributed by atoms with Crippen LogP contribution in [0, 0.1) is 6.92 Å². The van der Waals surface area contributed by atoms with Crippen LogP contribution >= 0.6 is 15.9 Å². The van der Waals surface area contributed by atoms with E-state index in [-0.39, 0.29) is 18.0 Å². The number of aromatic carboxylic acids is 1. The van der Waals surface area contributed by atoms with Crippen molar-refractivity contribution in [2.24, 2.45) is 0 Å². The molecule has 0 atom stereocenters. The molecule has 0 saturated heterocycles. The topological polar surface area (TPSA) is 66.4 Å². The van der Waals surface area contributed by atoms with E-state index in [0.29, 0.717) is 5.56 Å². The van der Waals surface area contributed by atoms with E-state index in [0.717, 1.165) is 15.6 Å². The van der Waals surface area contributed by atoms with Crippen LogP contribution in [0.25, 0.3) is 0 Å². The van der Waals surface area contributed by atoms with Gasteiger partial charge in [0.1, 0.15) is 0 Å². The average molecular weight is 348 g/mol. The molecule has 21 heavy (non-hydrogen) atoms. The van der Waals surface area contributed by atoms with Gasteiger partial charge in [0, 0.05) is 16.6 Å². The fourth-order valence-corrected chi connectivity index (χ4v) is 2.21. The number of hydrogen-bond acceptors (Lipinski definition) is 2. The number of carbonyl (C=O) groups excluding carboxylic acids is 1. The average Bonchev–Trinajstić information content (AvgIpc) is 2.48. The molecule has 2 N–H and O–H groups in total. The second-order valence-corrected chi connectivity index (χ2v) is 5.51. The van der Waals surface area contributed by atoms with Crippen molar-refractivity contribution in [1.82, 2.24) is 5.32 Å². The summed E-state index contributed by atoms with van der Waals surface area (Å²) in [7, 11) is 0. The number of carboxylic acid groups (broad SMARTS) is 1. The number of hydrogen-bond donors (Lipinski definition) is 2. The third-order valence-corrected chi connectivity index (χ3v) is 3.92. The highest BCUT2D eigenvalue weighted by Crippen LogP contribution is 2.17. The molecule has 108 valence electrons. The fraction of sp³-hybridized carbons (Fsp3) is 0.125. The Morgan fingerprint density at radius 1 is 1.14 bits per heavy atom. The molecule has 0 bridgehead atoms. The number of halogens is 1. The van der Waals surface area contributed by atoms with E-state index in [1.165, 1.54) is 6.07 Å². The van der Waals surface area contributed by atoms with Crippen molar-refractivity contribution in [2.75, 3.05) is 0 Å². The monoisotopic (exact) mass is 347 g/mol. The van der Waals surface area contributed by atoms with Gasteiger partial charge in [-0.3, -0.25) is 4.79 Å². The van der Waals surface area contributed by atoms with Crippen LogP contribution in [0.2, 0.25) is 0 Å². The van der Waals surface area contributed by atoms with Gasteiger partial charge in [-0.2, -0.15) is 0 Å². The van der Waals surface area contributed by atoms with E-state index in [4.69, 9.17) is 5.11 Å². The molecule has 5 heteroatoms. The molecule has 0 unspecified atom stereocenters. The van der Waals surface area contributed by atoms with Crippen LogP contribution in [-0.4, -0.2) is 17.0 Å². The van der Waals surface area contributed by atoms with Crippen LogP contribution in [-0.2, 0) is 6.54 Å². The largest absolute Gasteiger partial charge is 0.478 e. The molecule has 0 heterocycles. The van der Waals surface area contributed by atoms with E-state index >= 15 is 0 Å². The Morgan fingerprint density at radius 3 is 2.57 bits per heavy atom. The molecule has 0 fully saturated rings. The maximum Gasteiger partial charge on any atom is 0.335 e. The highest BCUT2D eigenvalue weighted by molar-refractivity contribution is 9.10. The first kappa shape index (κ1) is 15.3. The van der Waals surface area contributed by atoms with Crippen LogP contribution in [0.5, 0.6) is 0 Å². The lowest BCUT2D eigenvalue weighted by Crippen LogP contribution is -2.22. The van der Waals surface area contributed by atoms with Gasteiger partial charge in [0.2, 0.25) is 0 Å². The summed E-state index contributed by atoms with van der Waals surface area (Å²) in [4.78, 5) is 22.9. The second-order valence-electron chi connectivity index (χ2n) is 4.65. The minimum atomic E-state index is -0.981. The third kappa shape index (κ3) is 3.92. The van der Waals surface area contributed by atoms with E-state index in [1.54, 1.807) is 30.3 Å². The van der Waals surface area contributed by atoms with Gasteiger partial charge in [-0.25, -0.2) is 4.79 Å². The van der Waals surface area contributed by atoms with Gasteiger partial charge in [0.05, 0.1) is 5.56 Å². The highest BCUT2D eigenvalue weighted by Gasteiger charge is 2.08. The Kier molecular flexibility index (Phi) is 4.75. The lowest BCUT2D eigenvalue weighted by molar-refractivity contribution is 0.0696. The van der Waals surface area contributed by atoms with Gasteiger partial charge in [0.15, 0.2) is 0 Å². The zero-order valence-electron chi connectivity index (χ0n) is 11.4. The van der Waals surface area contributed by atoms with Gasteiger partial charge in [-0.05, 0) is 42.3 Å². The molecule has 2 aromatic rings. The number of carboxylic acids is 1. The van der Waals surface area contributed by atoms with Crippen molar-refractivity contribution in [3.05, 3.63) is 69.2 Å². The molecule has 0 aliphatic rings. The zero-order valence-corrected chi connectivity index (χ0v) is 13.0. The maximum atomic E-state index is 12.1. The molecule has 0 aromatic heterocycles. The fourth-order valence-electron chi connectivity index (χ4n) is 1.83. The lowest BCUT2D eigenvalue weighted by atomic mass is 10.1. The van der Waals surface area contributed by atoms with Gasteiger partial charge in [-0.1, -0.05) is 34.1 Å². The van der Waals surface area contributed by atoms with Crippen molar-refractivity contribution < 1.29 is 14.7 Å². The van der Waals surface area contributed by atoms with Gasteiger partial charge < -0.3 is 10.4 Å². The predicted octanol–water partition coefficient (Wildman–Crippen LogP) is 3.39. The minimum Gasteiger partial charge on any atom is -0.478 e. The molecule has 0 saturated carbocycles. The number of rotatable bonds is 4. The van der Waals surface area contributed by atoms with Crippen molar-refractivity contribution in [3.63, 3.8) is 0 Å². The SMILES string of the molecule is Cc1ccc(C(=O)NCc2cccc(C(=O)O)c2)cc1Br. The van der Waals surface area contributed by atoms with Crippen LogP contribution in [0.4, 0.5) is 0 Å². The van der Waals surface area contributed by atoms with Gasteiger partial charge in [-0.15, -0.1) is 0 Å². The van der Waals surface area contributed by atoms with Crippen molar-refractivity contribution >= 4 is 27.8 Å². The maximum absolute atomic E-state index is 12.1. The number of aryl methyl sites for hydroxylation is 1. The van der Waals surface area contributed by atoms with Crippen LogP contribution in [0.1, 0.15) is 31.8 Å². The van der Waals surface area contributed by atoms with Gasteiger partial charge >= 0.3 is 5.97 Å². The lowest BCUT2D eigenvalue weighted by Gasteiger charge is -2.07. The number of nitrogens with one attached hydrogen (secondary N) is 1. The molecular weight excluding hydrogens is 334 g/mol. The molecule has 2 rings (SSSR count). The van der Waals surface area contributed by atoms with E-state index < -0.39 is 5.97 Å². The molecule has 0 aliphatic heterocycles. The van der Waals surface area contributed by atoms with Crippen molar-refractivity contribution in [2.45, 2.75) is 13.5 Å². The summed E-state index contributed by atoms with van der Waals surface area (Å²) in [5.74, 6) is -1.18. The summed E-state index contributed by atoms with van der Waals surface area (Å²) in [6.45, 7) is 2.23. The summed E-state index contributed by atoms with van der Waals surface area (Å²) >= 11 is 3.39. The van der Waals surface area contributed by atoms with Crippen LogP contribution < -0.4 is 5.32 Å². The minimum absolute atomic E-state index is 0.198. The van der Waals surface area contributed by atoms with Gasteiger partial charge in [0.25, 0.3) is 5.91 Å². The first-order valence-corrected chi connectivity index (χ1v) is 7.13. The normalized spacial score (nSPS) is 10.2. The first-order chi connectivity index (χ1) is 9.97. The highest BCUT2D eigenvalue weighted by atomic mass is 79.9. The number of benzene rings is 2. The Balaban J connectivity index is 2.05. The molecular formula is C16H14BrNO3. The predicted molar refractivity (Wildman–Crippen MR) is 83.5 cm³/mol. The van der Waals surface area contributed by atoms with E-state index in [9.17, 15) is 9.59 Å². The summed E-state index contributed by atoms with van der Waals surface area (Å²) in [5, 5.41) is 11.7. The number of carbonyl (C=O) groups is 2. The summed E-state index contributed by atoms with van der Waals surface area (Å²) < 4.78 is 0.878. The Morgan fingerprint density at radius 2 is 1.90 bits per heavy atom. The smallest absolute Gasteiger partial charge is 0.335 e. The molecule has 0 radical (unpaired) electrons. The third-order valence-electron chi connectivity index (χ3n) is 3.06. The molecule has 0 aliphatic carbocycles.